The van der Waals surface area contributed by atoms with Gasteiger partial charge in [0.15, 0.2) is 5.16 Å². The summed E-state index contributed by atoms with van der Waals surface area (Å²) in [5.74, 6) is 1.02. The lowest BCUT2D eigenvalue weighted by Gasteiger charge is -2.22. The number of anilines is 1. The molecule has 1 aliphatic rings. The first kappa shape index (κ1) is 25.7. The van der Waals surface area contributed by atoms with Gasteiger partial charge in [0.05, 0.1) is 12.0 Å². The van der Waals surface area contributed by atoms with Gasteiger partial charge in [-0.25, -0.2) is 9.97 Å². The highest BCUT2D eigenvalue weighted by atomic mass is 35.5. The molecular weight excluding hydrogens is 435 g/mol. The number of aromatic nitrogens is 2. The lowest BCUT2D eigenvalue weighted by Crippen LogP contribution is -2.21. The van der Waals surface area contributed by atoms with Crippen LogP contribution in [-0.2, 0) is 11.3 Å². The van der Waals surface area contributed by atoms with Gasteiger partial charge in [0.2, 0.25) is 0 Å². The number of hydrogen-bond acceptors (Lipinski definition) is 7. The fraction of sp³-hybridized carbons (Fsp3) is 0.684. The number of ether oxygens (including phenoxy) is 1. The maximum Gasteiger partial charge on any atom is 0.190 e. The Morgan fingerprint density at radius 3 is 2.54 bits per heavy atom. The fourth-order valence-electron chi connectivity index (χ4n) is 3.42. The Bertz CT molecular complexity index is 694. The molecule has 1 fully saturated rings. The van der Waals surface area contributed by atoms with Gasteiger partial charge in [-0.05, 0) is 25.2 Å². The third-order valence-corrected chi connectivity index (χ3v) is 6.41. The third kappa shape index (κ3) is 7.50. The van der Waals surface area contributed by atoms with Crippen molar-refractivity contribution in [2.45, 2.75) is 62.7 Å². The molecule has 0 aromatic carbocycles. The van der Waals surface area contributed by atoms with E-state index < -0.39 is 0 Å². The van der Waals surface area contributed by atoms with Gasteiger partial charge in [0, 0.05) is 31.1 Å². The van der Waals surface area contributed by atoms with Crippen LogP contribution in [0.5, 0.6) is 0 Å². The molecule has 2 aromatic heterocycles. The number of thioether (sulfide) groups is 1. The predicted molar refractivity (Wildman–Crippen MR) is 127 cm³/mol. The molecule has 1 aliphatic carbocycles. The molecule has 5 nitrogen and oxygen atoms in total. The number of rotatable bonds is 8. The molecule has 28 heavy (non-hydrogen) atoms. The number of halogens is 2. The monoisotopic (exact) mass is 466 g/mol. The van der Waals surface area contributed by atoms with Crippen molar-refractivity contribution in [3.63, 3.8) is 0 Å². The smallest absolute Gasteiger partial charge is 0.190 e. The van der Waals surface area contributed by atoms with Crippen LogP contribution in [-0.4, -0.2) is 42.5 Å². The van der Waals surface area contributed by atoms with Crippen LogP contribution < -0.4 is 10.6 Å². The normalized spacial score (nSPS) is 15.4. The van der Waals surface area contributed by atoms with E-state index in [1.165, 1.54) is 55.2 Å². The van der Waals surface area contributed by atoms with Crippen molar-refractivity contribution < 1.29 is 4.74 Å². The highest BCUT2D eigenvalue weighted by molar-refractivity contribution is 7.98. The Labute approximate surface area is 189 Å². The quantitative estimate of drug-likeness (QED) is 0.303. The molecule has 0 unspecified atom stereocenters. The van der Waals surface area contributed by atoms with E-state index in [0.717, 1.165) is 35.5 Å². The molecule has 160 valence electrons. The summed E-state index contributed by atoms with van der Waals surface area (Å²) in [5, 5.41) is 9.20. The fourth-order valence-corrected chi connectivity index (χ4v) is 4.84. The van der Waals surface area contributed by atoms with Gasteiger partial charge in [-0.3, -0.25) is 0 Å². The lowest BCUT2D eigenvalue weighted by molar-refractivity contribution is 0.199. The maximum atomic E-state index is 5.10. The highest BCUT2D eigenvalue weighted by Gasteiger charge is 2.16. The average Bonchev–Trinajstić information content (AvgIpc) is 3.04. The van der Waals surface area contributed by atoms with Crippen molar-refractivity contribution in [3.8, 4) is 0 Å². The summed E-state index contributed by atoms with van der Waals surface area (Å²) in [5.41, 5.74) is 0. The largest absolute Gasteiger partial charge is 0.383 e. The zero-order valence-electron chi connectivity index (χ0n) is 16.7. The Balaban J connectivity index is 0.00000196. The van der Waals surface area contributed by atoms with Crippen LogP contribution >= 0.6 is 47.9 Å². The second-order valence-corrected chi connectivity index (χ2v) is 8.74. The van der Waals surface area contributed by atoms with Crippen LogP contribution in [0.3, 0.4) is 0 Å². The summed E-state index contributed by atoms with van der Waals surface area (Å²) < 4.78 is 5.10. The number of nitrogens with one attached hydrogen (secondary N) is 2. The van der Waals surface area contributed by atoms with E-state index in [9.17, 15) is 0 Å². The standard InChI is InChI=1S/C19H30N4OS2.2ClH/c1-24-11-10-20-13-15-12-16-17(22-19(25-2)23-18(16)26-15)21-14-8-6-4-3-5-7-9-14;;/h12,14,20H,3-11,13H2,1-2H3,(H,21,22,23);2*1H. The van der Waals surface area contributed by atoms with E-state index in [0.29, 0.717) is 6.04 Å². The first-order valence-corrected chi connectivity index (χ1v) is 11.6. The summed E-state index contributed by atoms with van der Waals surface area (Å²) in [6.45, 7) is 2.44. The molecule has 2 N–H and O–H groups in total. The van der Waals surface area contributed by atoms with Crippen LogP contribution in [0.25, 0.3) is 10.2 Å². The molecule has 0 spiro atoms. The number of hydrogen-bond donors (Lipinski definition) is 2. The molecule has 0 radical (unpaired) electrons. The van der Waals surface area contributed by atoms with Crippen LogP contribution in [0.1, 0.15) is 49.8 Å². The van der Waals surface area contributed by atoms with E-state index >= 15 is 0 Å². The van der Waals surface area contributed by atoms with Gasteiger partial charge in [0.1, 0.15) is 10.6 Å². The van der Waals surface area contributed by atoms with Crippen LogP contribution in [0.15, 0.2) is 11.2 Å². The number of thiophene rings is 1. The summed E-state index contributed by atoms with van der Waals surface area (Å²) in [6, 6.07) is 2.78. The molecule has 1 saturated carbocycles. The zero-order chi connectivity index (χ0) is 18.2. The summed E-state index contributed by atoms with van der Waals surface area (Å²) >= 11 is 3.37. The van der Waals surface area contributed by atoms with Gasteiger partial charge in [-0.15, -0.1) is 36.2 Å². The van der Waals surface area contributed by atoms with Gasteiger partial charge >= 0.3 is 0 Å². The van der Waals surface area contributed by atoms with Crippen molar-refractivity contribution in [2.24, 2.45) is 0 Å². The Morgan fingerprint density at radius 2 is 1.86 bits per heavy atom. The summed E-state index contributed by atoms with van der Waals surface area (Å²) in [6.07, 6.45) is 11.3. The van der Waals surface area contributed by atoms with Crippen molar-refractivity contribution in [2.75, 3.05) is 31.8 Å². The van der Waals surface area contributed by atoms with Gasteiger partial charge < -0.3 is 15.4 Å². The van der Waals surface area contributed by atoms with E-state index in [1.54, 1.807) is 30.2 Å². The van der Waals surface area contributed by atoms with Crippen LogP contribution in [0, 0.1) is 0 Å². The van der Waals surface area contributed by atoms with E-state index in [-0.39, 0.29) is 24.8 Å². The molecule has 0 saturated heterocycles. The molecule has 0 atom stereocenters. The molecule has 0 bridgehead atoms. The minimum atomic E-state index is 0. The van der Waals surface area contributed by atoms with Crippen LogP contribution in [0.2, 0.25) is 0 Å². The third-order valence-electron chi connectivity index (χ3n) is 4.83. The maximum absolute atomic E-state index is 5.10. The van der Waals surface area contributed by atoms with Crippen molar-refractivity contribution in [1.82, 2.24) is 15.3 Å². The van der Waals surface area contributed by atoms with Crippen LogP contribution in [0.4, 0.5) is 5.82 Å². The summed E-state index contributed by atoms with van der Waals surface area (Å²) in [4.78, 5) is 11.9. The molecular formula is C19H32Cl2N4OS2. The SMILES string of the molecule is COCCNCc1cc2c(NC3CCCCCCC3)nc(SC)nc2s1.Cl.Cl. The topological polar surface area (TPSA) is 59.1 Å². The molecule has 0 amide bonds. The lowest BCUT2D eigenvalue weighted by atomic mass is 9.97. The summed E-state index contributed by atoms with van der Waals surface area (Å²) in [7, 11) is 1.73. The predicted octanol–water partition coefficient (Wildman–Crippen LogP) is 5.52. The first-order valence-electron chi connectivity index (χ1n) is 9.61. The number of nitrogens with zero attached hydrogens (tertiary/aromatic N) is 2. The van der Waals surface area contributed by atoms with E-state index in [1.807, 2.05) is 6.26 Å². The number of methoxy groups -OCH3 is 1. The molecule has 2 aromatic rings. The van der Waals surface area contributed by atoms with Gasteiger partial charge in [0.25, 0.3) is 0 Å². The van der Waals surface area contributed by atoms with E-state index in [2.05, 4.69) is 16.7 Å². The Morgan fingerprint density at radius 1 is 1.14 bits per heavy atom. The number of fused-ring (bicyclic) bond motifs is 1. The Kier molecular flexibility index (Phi) is 12.7. The minimum Gasteiger partial charge on any atom is -0.383 e. The molecule has 0 aliphatic heterocycles. The Hall–Kier alpha value is -0.310. The minimum absolute atomic E-state index is 0. The first-order chi connectivity index (χ1) is 12.8. The molecule has 2 heterocycles. The second-order valence-electron chi connectivity index (χ2n) is 6.85. The van der Waals surface area contributed by atoms with Gasteiger partial charge in [-0.1, -0.05) is 43.9 Å². The zero-order valence-corrected chi connectivity index (χ0v) is 19.9. The highest BCUT2D eigenvalue weighted by Crippen LogP contribution is 2.32. The van der Waals surface area contributed by atoms with Crippen molar-refractivity contribution in [3.05, 3.63) is 10.9 Å². The van der Waals surface area contributed by atoms with E-state index in [4.69, 9.17) is 14.7 Å². The molecule has 9 heteroatoms. The second kappa shape index (κ2) is 13.8. The van der Waals surface area contributed by atoms with Crippen molar-refractivity contribution in [1.29, 1.82) is 0 Å². The molecule has 3 rings (SSSR count). The van der Waals surface area contributed by atoms with Crippen molar-refractivity contribution >= 4 is 63.9 Å². The van der Waals surface area contributed by atoms with Gasteiger partial charge in [-0.2, -0.15) is 0 Å². The average molecular weight is 468 g/mol.